The molecule has 0 aliphatic rings. The third-order valence-corrected chi connectivity index (χ3v) is 3.31. The van der Waals surface area contributed by atoms with Crippen LogP contribution in [-0.4, -0.2) is 14.7 Å². The van der Waals surface area contributed by atoms with Crippen LogP contribution in [0.15, 0.2) is 33.3 Å². The molecule has 0 saturated heterocycles. The van der Waals surface area contributed by atoms with Crippen molar-refractivity contribution in [1.29, 1.82) is 0 Å². The van der Waals surface area contributed by atoms with E-state index in [-0.39, 0.29) is 0 Å². The normalized spacial score (nSPS) is 11.4. The van der Waals surface area contributed by atoms with Crippen LogP contribution in [0.2, 0.25) is 0 Å². The van der Waals surface area contributed by atoms with Gasteiger partial charge in [0.25, 0.3) is 5.52 Å². The lowest BCUT2D eigenvalue weighted by Crippen LogP contribution is -2.33. The van der Waals surface area contributed by atoms with Crippen molar-refractivity contribution in [2.75, 3.05) is 0 Å². The Morgan fingerprint density at radius 3 is 2.94 bits per heavy atom. The molecule has 7 heteroatoms. The summed E-state index contributed by atoms with van der Waals surface area (Å²) in [6.07, 6.45) is 1.61. The standard InChI is InChI=1S/C9H4Br2N4O/c10-5-1-2-7-8(3-5)14-9(13-15(7)16)6(11)4-12-14/h1-4H. The lowest BCUT2D eigenvalue weighted by molar-refractivity contribution is -0.640. The van der Waals surface area contributed by atoms with Crippen molar-refractivity contribution in [3.05, 3.63) is 38.5 Å². The molecule has 0 bridgehead atoms. The lowest BCUT2D eigenvalue weighted by Gasteiger charge is -2.01. The first-order chi connectivity index (χ1) is 7.66. The zero-order chi connectivity index (χ0) is 11.3. The molecule has 0 amide bonds. The molecule has 16 heavy (non-hydrogen) atoms. The van der Waals surface area contributed by atoms with Crippen LogP contribution in [0.5, 0.6) is 0 Å². The first-order valence-electron chi connectivity index (χ1n) is 4.39. The molecule has 0 aliphatic heterocycles. The zero-order valence-electron chi connectivity index (χ0n) is 7.76. The van der Waals surface area contributed by atoms with Crippen molar-refractivity contribution in [1.82, 2.24) is 14.7 Å². The first kappa shape index (κ1) is 9.98. The van der Waals surface area contributed by atoms with Gasteiger partial charge in [0.2, 0.25) is 5.65 Å². The van der Waals surface area contributed by atoms with Crippen LogP contribution in [0.3, 0.4) is 0 Å². The molecule has 0 atom stereocenters. The van der Waals surface area contributed by atoms with E-state index in [2.05, 4.69) is 42.1 Å². The Morgan fingerprint density at radius 1 is 1.31 bits per heavy atom. The van der Waals surface area contributed by atoms with Crippen LogP contribution in [-0.2, 0) is 0 Å². The fourth-order valence-corrected chi connectivity index (χ4v) is 2.24. The number of aromatic nitrogens is 4. The molecule has 0 N–H and O–H groups in total. The van der Waals surface area contributed by atoms with Crippen LogP contribution in [0.4, 0.5) is 0 Å². The minimum absolute atomic E-state index is 0.478. The van der Waals surface area contributed by atoms with Gasteiger partial charge in [-0.1, -0.05) is 15.9 Å². The number of rotatable bonds is 0. The van der Waals surface area contributed by atoms with Crippen molar-refractivity contribution in [3.63, 3.8) is 0 Å². The molecule has 0 saturated carbocycles. The van der Waals surface area contributed by atoms with Gasteiger partial charge in [0.1, 0.15) is 5.52 Å². The predicted octanol–water partition coefficient (Wildman–Crippen LogP) is 2.04. The van der Waals surface area contributed by atoms with E-state index in [4.69, 9.17) is 0 Å². The fourth-order valence-electron chi connectivity index (χ4n) is 1.56. The summed E-state index contributed by atoms with van der Waals surface area (Å²) in [4.78, 5) is 0.601. The van der Waals surface area contributed by atoms with Crippen LogP contribution in [0, 0.1) is 5.21 Å². The minimum atomic E-state index is 0.478. The monoisotopic (exact) mass is 342 g/mol. The van der Waals surface area contributed by atoms with E-state index in [1.165, 1.54) is 0 Å². The number of hydrogen-bond donors (Lipinski definition) is 0. The van der Waals surface area contributed by atoms with Crippen LogP contribution in [0.1, 0.15) is 0 Å². The molecule has 5 nitrogen and oxygen atoms in total. The summed E-state index contributed by atoms with van der Waals surface area (Å²) in [7, 11) is 0. The average molecular weight is 344 g/mol. The van der Waals surface area contributed by atoms with Gasteiger partial charge < -0.3 is 5.21 Å². The van der Waals surface area contributed by atoms with Crippen molar-refractivity contribution < 1.29 is 4.85 Å². The molecular weight excluding hydrogens is 340 g/mol. The van der Waals surface area contributed by atoms with E-state index >= 15 is 0 Å². The van der Waals surface area contributed by atoms with E-state index in [1.807, 2.05) is 6.07 Å². The molecule has 0 unspecified atom stereocenters. The second kappa shape index (κ2) is 3.39. The molecule has 3 rings (SSSR count). The van der Waals surface area contributed by atoms with Gasteiger partial charge in [-0.15, -0.1) is 0 Å². The van der Waals surface area contributed by atoms with Gasteiger partial charge >= 0.3 is 0 Å². The molecule has 1 aromatic carbocycles. The van der Waals surface area contributed by atoms with E-state index in [0.29, 0.717) is 26.0 Å². The Kier molecular flexibility index (Phi) is 2.11. The second-order valence-electron chi connectivity index (χ2n) is 3.23. The highest BCUT2D eigenvalue weighted by Gasteiger charge is 2.14. The molecule has 3 aromatic rings. The van der Waals surface area contributed by atoms with Crippen molar-refractivity contribution in [2.24, 2.45) is 0 Å². The predicted molar refractivity (Wildman–Crippen MR) is 64.9 cm³/mol. The first-order valence-corrected chi connectivity index (χ1v) is 5.98. The fraction of sp³-hybridized carbons (Fsp3) is 0. The van der Waals surface area contributed by atoms with E-state index < -0.39 is 0 Å². The smallest absolute Gasteiger partial charge is 0.270 e. The average Bonchev–Trinajstić information content (AvgIpc) is 2.61. The summed E-state index contributed by atoms with van der Waals surface area (Å²) >= 11 is 6.66. The van der Waals surface area contributed by atoms with Gasteiger partial charge in [-0.25, -0.2) is 4.52 Å². The molecule has 0 radical (unpaired) electrons. The Hall–Kier alpha value is -1.21. The van der Waals surface area contributed by atoms with Crippen molar-refractivity contribution in [3.8, 4) is 0 Å². The lowest BCUT2D eigenvalue weighted by atomic mass is 10.3. The molecule has 0 fully saturated rings. The molecule has 2 aromatic heterocycles. The third kappa shape index (κ3) is 1.31. The Bertz CT molecular complexity index is 709. The number of nitrogens with zero attached hydrogens (tertiary/aromatic N) is 4. The van der Waals surface area contributed by atoms with Gasteiger partial charge in [0.05, 0.1) is 10.7 Å². The van der Waals surface area contributed by atoms with Crippen molar-refractivity contribution >= 4 is 48.5 Å². The maximum atomic E-state index is 11.7. The number of benzene rings is 1. The summed E-state index contributed by atoms with van der Waals surface area (Å²) in [5.41, 5.74) is 1.69. The SMILES string of the molecule is [O-][n+]1nc2c(Br)cnn2c2cc(Br)ccc21. The topological polar surface area (TPSA) is 57.1 Å². The maximum absolute atomic E-state index is 11.7. The Labute approximate surface area is 107 Å². The highest BCUT2D eigenvalue weighted by molar-refractivity contribution is 9.11. The number of halogens is 2. The van der Waals surface area contributed by atoms with Gasteiger partial charge in [-0.05, 0) is 32.9 Å². The maximum Gasteiger partial charge on any atom is 0.270 e. The van der Waals surface area contributed by atoms with E-state index in [1.54, 1.807) is 22.8 Å². The highest BCUT2D eigenvalue weighted by Crippen LogP contribution is 2.20. The van der Waals surface area contributed by atoms with Gasteiger partial charge in [0, 0.05) is 15.6 Å². The molecular formula is C9H4Br2N4O. The summed E-state index contributed by atoms with van der Waals surface area (Å²) in [5, 5.41) is 19.7. The van der Waals surface area contributed by atoms with Crippen LogP contribution >= 0.6 is 31.9 Å². The Balaban J connectivity index is 2.62. The molecule has 0 aliphatic carbocycles. The number of fused-ring (bicyclic) bond motifs is 3. The summed E-state index contributed by atoms with van der Waals surface area (Å²) in [6, 6.07) is 5.33. The molecule has 2 heterocycles. The highest BCUT2D eigenvalue weighted by atomic mass is 79.9. The largest absolute Gasteiger partial charge is 0.594 e. The molecule has 80 valence electrons. The van der Waals surface area contributed by atoms with Crippen LogP contribution in [0.25, 0.3) is 16.7 Å². The second-order valence-corrected chi connectivity index (χ2v) is 5.00. The van der Waals surface area contributed by atoms with E-state index in [9.17, 15) is 5.21 Å². The summed E-state index contributed by atoms with van der Waals surface area (Å²) < 4.78 is 3.21. The third-order valence-electron chi connectivity index (χ3n) is 2.26. The summed E-state index contributed by atoms with van der Waals surface area (Å²) in [6.45, 7) is 0. The Morgan fingerprint density at radius 2 is 2.12 bits per heavy atom. The number of hydrogen-bond acceptors (Lipinski definition) is 3. The van der Waals surface area contributed by atoms with Gasteiger partial charge in [-0.3, -0.25) is 0 Å². The molecule has 0 spiro atoms. The van der Waals surface area contributed by atoms with Gasteiger partial charge in [-0.2, -0.15) is 5.10 Å². The van der Waals surface area contributed by atoms with E-state index in [0.717, 1.165) is 4.47 Å². The minimum Gasteiger partial charge on any atom is -0.594 e. The van der Waals surface area contributed by atoms with Crippen molar-refractivity contribution in [2.45, 2.75) is 0 Å². The quantitative estimate of drug-likeness (QED) is 0.463. The summed E-state index contributed by atoms with van der Waals surface area (Å²) in [5.74, 6) is 0. The van der Waals surface area contributed by atoms with Crippen LogP contribution < -0.4 is 4.85 Å². The zero-order valence-corrected chi connectivity index (χ0v) is 10.9. The van der Waals surface area contributed by atoms with Gasteiger partial charge in [0.15, 0.2) is 0 Å².